The number of thiazole rings is 1. The molecule has 1 rings (SSSR count). The molecule has 0 saturated carbocycles. The van der Waals surface area contributed by atoms with E-state index in [9.17, 15) is 0 Å². The average molecular weight is 270 g/mol. The molecule has 0 fully saturated rings. The van der Waals surface area contributed by atoms with Crippen molar-refractivity contribution in [2.24, 2.45) is 10.7 Å². The van der Waals surface area contributed by atoms with Gasteiger partial charge < -0.3 is 15.8 Å². The van der Waals surface area contributed by atoms with Gasteiger partial charge in [0.25, 0.3) is 0 Å². The van der Waals surface area contributed by atoms with E-state index < -0.39 is 0 Å². The van der Waals surface area contributed by atoms with Crippen LogP contribution in [0.4, 0.5) is 0 Å². The number of guanidine groups is 1. The molecule has 3 N–H and O–H groups in total. The van der Waals surface area contributed by atoms with Crippen molar-refractivity contribution >= 4 is 17.3 Å². The first-order chi connectivity index (χ1) is 8.63. The maximum Gasteiger partial charge on any atom is 0.189 e. The molecule has 0 unspecified atom stereocenters. The van der Waals surface area contributed by atoms with Gasteiger partial charge in [-0.1, -0.05) is 0 Å². The van der Waals surface area contributed by atoms with Crippen LogP contribution in [-0.4, -0.2) is 30.7 Å². The third-order valence-electron chi connectivity index (χ3n) is 2.43. The fourth-order valence-electron chi connectivity index (χ4n) is 1.35. The first-order valence-electron chi connectivity index (χ1n) is 6.18. The van der Waals surface area contributed by atoms with Crippen molar-refractivity contribution in [1.82, 2.24) is 10.3 Å². The van der Waals surface area contributed by atoms with E-state index >= 15 is 0 Å². The Balaban J connectivity index is 2.24. The molecular weight excluding hydrogens is 248 g/mol. The first kappa shape index (κ1) is 14.9. The molecule has 0 aromatic carbocycles. The second kappa shape index (κ2) is 8.05. The molecule has 0 amide bonds. The van der Waals surface area contributed by atoms with Gasteiger partial charge in [-0.05, 0) is 27.2 Å². The molecule has 18 heavy (non-hydrogen) atoms. The van der Waals surface area contributed by atoms with E-state index in [1.165, 1.54) is 4.88 Å². The smallest absolute Gasteiger partial charge is 0.189 e. The van der Waals surface area contributed by atoms with Crippen LogP contribution < -0.4 is 11.1 Å². The van der Waals surface area contributed by atoms with Gasteiger partial charge in [-0.2, -0.15) is 0 Å². The zero-order valence-corrected chi connectivity index (χ0v) is 12.1. The summed E-state index contributed by atoms with van der Waals surface area (Å²) in [6.07, 6.45) is 0.930. The van der Waals surface area contributed by atoms with Crippen molar-refractivity contribution in [2.75, 3.05) is 19.8 Å². The summed E-state index contributed by atoms with van der Waals surface area (Å²) in [6.45, 7) is 8.90. The third kappa shape index (κ3) is 5.46. The van der Waals surface area contributed by atoms with Gasteiger partial charge in [0, 0.05) is 24.6 Å². The van der Waals surface area contributed by atoms with E-state index in [0.717, 1.165) is 36.9 Å². The third-order valence-corrected chi connectivity index (χ3v) is 3.49. The summed E-state index contributed by atoms with van der Waals surface area (Å²) >= 11 is 1.67. The van der Waals surface area contributed by atoms with E-state index in [-0.39, 0.29) is 0 Å². The number of hydrogen-bond donors (Lipinski definition) is 2. The summed E-state index contributed by atoms with van der Waals surface area (Å²) in [5.74, 6) is 0.469. The highest BCUT2D eigenvalue weighted by Crippen LogP contribution is 2.16. The van der Waals surface area contributed by atoms with Crippen LogP contribution in [0.3, 0.4) is 0 Å². The SMILES string of the molecule is CCOCCCNC(N)=NCc1nc(C)c(C)s1. The number of nitrogens with two attached hydrogens (primary N) is 1. The highest BCUT2D eigenvalue weighted by atomic mass is 32.1. The van der Waals surface area contributed by atoms with Gasteiger partial charge >= 0.3 is 0 Å². The minimum Gasteiger partial charge on any atom is -0.382 e. The maximum absolute atomic E-state index is 5.76. The van der Waals surface area contributed by atoms with Gasteiger partial charge in [-0.15, -0.1) is 11.3 Å². The molecule has 0 aliphatic heterocycles. The Bertz CT molecular complexity index is 370. The van der Waals surface area contributed by atoms with Gasteiger partial charge in [0.15, 0.2) is 5.96 Å². The molecule has 1 aromatic rings. The van der Waals surface area contributed by atoms with Gasteiger partial charge in [0.1, 0.15) is 5.01 Å². The molecule has 0 saturated heterocycles. The average Bonchev–Trinajstić information content (AvgIpc) is 2.66. The predicted octanol–water partition coefficient (Wildman–Crippen LogP) is 1.59. The Hall–Kier alpha value is -1.14. The van der Waals surface area contributed by atoms with Gasteiger partial charge in [0.05, 0.1) is 12.2 Å². The van der Waals surface area contributed by atoms with Crippen LogP contribution in [0.15, 0.2) is 4.99 Å². The van der Waals surface area contributed by atoms with Crippen LogP contribution in [0.2, 0.25) is 0 Å². The van der Waals surface area contributed by atoms with E-state index in [0.29, 0.717) is 12.5 Å². The zero-order chi connectivity index (χ0) is 13.4. The van der Waals surface area contributed by atoms with Crippen LogP contribution in [0, 0.1) is 13.8 Å². The van der Waals surface area contributed by atoms with Gasteiger partial charge in [-0.25, -0.2) is 9.98 Å². The standard InChI is InChI=1S/C12H22N4OS/c1-4-17-7-5-6-14-12(13)15-8-11-16-9(2)10(3)18-11/h4-8H2,1-3H3,(H3,13,14,15). The van der Waals surface area contributed by atoms with Crippen LogP contribution in [0.1, 0.15) is 28.9 Å². The molecular formula is C12H22N4OS. The minimum absolute atomic E-state index is 0.469. The molecule has 0 radical (unpaired) electrons. The number of nitrogens with one attached hydrogen (secondary N) is 1. The molecule has 5 nitrogen and oxygen atoms in total. The fourth-order valence-corrected chi connectivity index (χ4v) is 2.21. The lowest BCUT2D eigenvalue weighted by Gasteiger charge is -2.04. The Kier molecular flexibility index (Phi) is 6.67. The normalized spacial score (nSPS) is 11.8. The van der Waals surface area contributed by atoms with E-state index in [4.69, 9.17) is 10.5 Å². The predicted molar refractivity (Wildman–Crippen MR) is 76.0 cm³/mol. The first-order valence-corrected chi connectivity index (χ1v) is 6.99. The Labute approximate surface area is 112 Å². The van der Waals surface area contributed by atoms with Crippen LogP contribution in [-0.2, 0) is 11.3 Å². The molecule has 1 heterocycles. The number of ether oxygens (including phenoxy) is 1. The fraction of sp³-hybridized carbons (Fsp3) is 0.667. The highest BCUT2D eigenvalue weighted by Gasteiger charge is 2.02. The molecule has 0 bridgehead atoms. The summed E-state index contributed by atoms with van der Waals surface area (Å²) in [4.78, 5) is 9.91. The second-order valence-electron chi connectivity index (χ2n) is 3.93. The summed E-state index contributed by atoms with van der Waals surface area (Å²) < 4.78 is 5.23. The second-order valence-corrected chi connectivity index (χ2v) is 5.22. The van der Waals surface area contributed by atoms with Crippen molar-refractivity contribution in [1.29, 1.82) is 0 Å². The summed E-state index contributed by atoms with van der Waals surface area (Å²) in [6, 6.07) is 0. The quantitative estimate of drug-likeness (QED) is 0.448. The van der Waals surface area contributed by atoms with E-state index in [2.05, 4.69) is 22.2 Å². The van der Waals surface area contributed by atoms with Gasteiger partial charge in [0.2, 0.25) is 0 Å². The van der Waals surface area contributed by atoms with Crippen molar-refractivity contribution < 1.29 is 4.74 Å². The van der Waals surface area contributed by atoms with E-state index in [1.807, 2.05) is 13.8 Å². The largest absolute Gasteiger partial charge is 0.382 e. The zero-order valence-electron chi connectivity index (χ0n) is 11.3. The molecule has 0 spiro atoms. The monoisotopic (exact) mass is 270 g/mol. The lowest BCUT2D eigenvalue weighted by molar-refractivity contribution is 0.145. The molecule has 6 heteroatoms. The molecule has 102 valence electrons. The Morgan fingerprint density at radius 2 is 2.28 bits per heavy atom. The topological polar surface area (TPSA) is 72.5 Å². The number of aromatic nitrogens is 1. The van der Waals surface area contributed by atoms with Crippen molar-refractivity contribution in [2.45, 2.75) is 33.7 Å². The highest BCUT2D eigenvalue weighted by molar-refractivity contribution is 7.11. The molecule has 1 aromatic heterocycles. The molecule has 0 aliphatic carbocycles. The van der Waals surface area contributed by atoms with E-state index in [1.54, 1.807) is 11.3 Å². The number of hydrogen-bond acceptors (Lipinski definition) is 4. The van der Waals surface area contributed by atoms with Crippen LogP contribution >= 0.6 is 11.3 Å². The van der Waals surface area contributed by atoms with Crippen molar-refractivity contribution in [3.8, 4) is 0 Å². The maximum atomic E-state index is 5.76. The number of rotatable bonds is 7. The lowest BCUT2D eigenvalue weighted by atomic mass is 10.4. The lowest BCUT2D eigenvalue weighted by Crippen LogP contribution is -2.32. The Morgan fingerprint density at radius 3 is 2.89 bits per heavy atom. The van der Waals surface area contributed by atoms with Crippen LogP contribution in [0.25, 0.3) is 0 Å². The number of aryl methyl sites for hydroxylation is 2. The van der Waals surface area contributed by atoms with Gasteiger partial charge in [-0.3, -0.25) is 0 Å². The Morgan fingerprint density at radius 1 is 1.50 bits per heavy atom. The molecule has 0 atom stereocenters. The summed E-state index contributed by atoms with van der Waals surface area (Å²) in [5, 5.41) is 4.06. The molecule has 0 aliphatic rings. The summed E-state index contributed by atoms with van der Waals surface area (Å²) in [7, 11) is 0. The van der Waals surface area contributed by atoms with Crippen LogP contribution in [0.5, 0.6) is 0 Å². The minimum atomic E-state index is 0.469. The van der Waals surface area contributed by atoms with Crippen molar-refractivity contribution in [3.63, 3.8) is 0 Å². The van der Waals surface area contributed by atoms with Crippen molar-refractivity contribution in [3.05, 3.63) is 15.6 Å². The summed E-state index contributed by atoms with van der Waals surface area (Å²) in [5.41, 5.74) is 6.83. The number of nitrogens with zero attached hydrogens (tertiary/aromatic N) is 2. The number of aliphatic imine (C=N–C) groups is 1.